The van der Waals surface area contributed by atoms with E-state index in [0.717, 1.165) is 51.4 Å². The van der Waals surface area contributed by atoms with Crippen molar-refractivity contribution in [3.63, 3.8) is 0 Å². The number of hydrogen-bond donors (Lipinski definition) is 1. The van der Waals surface area contributed by atoms with Crippen LogP contribution in [-0.2, 0) is 0 Å². The van der Waals surface area contributed by atoms with Crippen molar-refractivity contribution in [2.24, 2.45) is 9.98 Å². The van der Waals surface area contributed by atoms with Crippen LogP contribution in [0.1, 0.15) is 28.4 Å². The molecule has 0 aliphatic carbocycles. The van der Waals surface area contributed by atoms with Crippen molar-refractivity contribution in [1.82, 2.24) is 14.8 Å². The number of aryl methyl sites for hydroxylation is 2. The Morgan fingerprint density at radius 3 is 2.42 bits per heavy atom. The van der Waals surface area contributed by atoms with Crippen LogP contribution in [0, 0.1) is 13.8 Å². The average molecular weight is 496 g/mol. The number of fused-ring (bicyclic) bond motifs is 4. The summed E-state index contributed by atoms with van der Waals surface area (Å²) in [5.41, 5.74) is 7.14. The Balaban J connectivity index is 1.50. The highest BCUT2D eigenvalue weighted by Crippen LogP contribution is 2.48. The van der Waals surface area contributed by atoms with Crippen molar-refractivity contribution in [1.29, 1.82) is 0 Å². The summed E-state index contributed by atoms with van der Waals surface area (Å²) in [6.45, 7) is 4.13. The molecular weight excluding hydrogens is 470 g/mol. The Hall–Kier alpha value is -5.04. The van der Waals surface area contributed by atoms with E-state index >= 15 is 0 Å². The van der Waals surface area contributed by atoms with Gasteiger partial charge in [-0.1, -0.05) is 60.7 Å². The van der Waals surface area contributed by atoms with Gasteiger partial charge in [0.15, 0.2) is 23.3 Å². The first-order valence-electron chi connectivity index (χ1n) is 12.6. The first-order chi connectivity index (χ1) is 18.7. The quantitative estimate of drug-likeness (QED) is 0.303. The fraction of sp³-hybridized carbons (Fsp3) is 0.0968. The zero-order valence-electron chi connectivity index (χ0n) is 21.1. The number of para-hydroxylation sites is 2. The average Bonchev–Trinajstić information content (AvgIpc) is 3.29. The second-order valence-corrected chi connectivity index (χ2v) is 9.48. The lowest BCUT2D eigenvalue weighted by Crippen LogP contribution is -2.46. The minimum Gasteiger partial charge on any atom is -0.337 e. The summed E-state index contributed by atoms with van der Waals surface area (Å²) in [7, 11) is 0. The van der Waals surface area contributed by atoms with Gasteiger partial charge < -0.3 is 10.2 Å². The summed E-state index contributed by atoms with van der Waals surface area (Å²) < 4.78 is 1.84. The molecule has 1 atom stereocenters. The molecule has 38 heavy (non-hydrogen) atoms. The zero-order valence-corrected chi connectivity index (χ0v) is 21.1. The van der Waals surface area contributed by atoms with Crippen molar-refractivity contribution in [2.45, 2.75) is 19.9 Å². The lowest BCUT2D eigenvalue weighted by Gasteiger charge is -2.40. The summed E-state index contributed by atoms with van der Waals surface area (Å²) >= 11 is 0. The van der Waals surface area contributed by atoms with Crippen LogP contribution < -0.4 is 10.2 Å². The molecule has 0 spiro atoms. The first kappa shape index (κ1) is 22.2. The Morgan fingerprint density at radius 2 is 1.61 bits per heavy atom. The number of anilines is 2. The highest BCUT2D eigenvalue weighted by molar-refractivity contribution is 6.51. The number of aliphatic imine (C=N–C) groups is 2. The predicted octanol–water partition coefficient (Wildman–Crippen LogP) is 6.68. The highest BCUT2D eigenvalue weighted by Gasteiger charge is 2.41. The van der Waals surface area contributed by atoms with Gasteiger partial charge in [0.1, 0.15) is 0 Å². The van der Waals surface area contributed by atoms with Gasteiger partial charge in [0, 0.05) is 17.4 Å². The number of nitrogens with one attached hydrogen (secondary N) is 1. The Labute approximate surface area is 220 Å². The minimum absolute atomic E-state index is 0.151. The van der Waals surface area contributed by atoms with Gasteiger partial charge >= 0.3 is 0 Å². The normalized spacial score (nSPS) is 15.6. The van der Waals surface area contributed by atoms with E-state index in [1.807, 2.05) is 66.2 Å². The topological polar surface area (TPSA) is 70.7 Å². The standard InChI is InChI=1S/C31H25N7/c1-20-11-10-14-23(19-20)33-29-31-35-30-27(21(2)36-38(30)26-17-8-9-18-32-26)28(22-12-4-3-5-13-22)37(31)25-16-7-6-15-24(25)34-29/h3-19,28H,1-2H3,(H,33,34)/t28-/m1/s1. The molecule has 7 heteroatoms. The third-order valence-corrected chi connectivity index (χ3v) is 6.90. The number of nitrogens with zero attached hydrogens (tertiary/aromatic N) is 6. The van der Waals surface area contributed by atoms with Crippen LogP contribution in [0.25, 0.3) is 5.82 Å². The summed E-state index contributed by atoms with van der Waals surface area (Å²) in [6.07, 6.45) is 1.78. The predicted molar refractivity (Wildman–Crippen MR) is 152 cm³/mol. The molecule has 0 bridgehead atoms. The number of rotatable bonds is 3. The van der Waals surface area contributed by atoms with Gasteiger partial charge in [0.25, 0.3) is 0 Å². The molecule has 2 aromatic heterocycles. The minimum atomic E-state index is -0.151. The van der Waals surface area contributed by atoms with Gasteiger partial charge in [-0.3, -0.25) is 0 Å². The molecule has 0 unspecified atom stereocenters. The summed E-state index contributed by atoms with van der Waals surface area (Å²) in [4.78, 5) is 17.2. The SMILES string of the molecule is Cc1cccc(NC2=Nc3ccccc3N3C2=Nc2c(c(C)nn2-c2ccccn2)[C@H]3c2ccccc2)c1. The smallest absolute Gasteiger partial charge is 0.179 e. The lowest BCUT2D eigenvalue weighted by molar-refractivity contribution is 0.810. The third kappa shape index (κ3) is 3.59. The molecule has 0 amide bonds. The molecule has 7 nitrogen and oxygen atoms in total. The molecule has 0 radical (unpaired) electrons. The molecular formula is C31H25N7. The molecule has 184 valence electrons. The molecule has 4 heterocycles. The molecule has 2 aliphatic heterocycles. The number of benzene rings is 3. The van der Waals surface area contributed by atoms with E-state index in [1.54, 1.807) is 6.20 Å². The van der Waals surface area contributed by atoms with Crippen molar-refractivity contribution >= 4 is 34.6 Å². The summed E-state index contributed by atoms with van der Waals surface area (Å²) in [6, 6.07) is 32.7. The van der Waals surface area contributed by atoms with Gasteiger partial charge in [-0.2, -0.15) is 9.78 Å². The van der Waals surface area contributed by atoms with Gasteiger partial charge in [-0.15, -0.1) is 0 Å². The molecule has 0 saturated heterocycles. The van der Waals surface area contributed by atoms with Crippen LogP contribution in [0.15, 0.2) is 113 Å². The maximum atomic E-state index is 5.25. The number of hydrogen-bond acceptors (Lipinski definition) is 6. The van der Waals surface area contributed by atoms with Crippen molar-refractivity contribution in [2.75, 3.05) is 10.2 Å². The van der Waals surface area contributed by atoms with Crippen molar-refractivity contribution in [3.05, 3.63) is 126 Å². The number of aromatic nitrogens is 3. The van der Waals surface area contributed by atoms with Gasteiger partial charge in [0.05, 0.1) is 23.1 Å². The van der Waals surface area contributed by atoms with E-state index in [-0.39, 0.29) is 6.04 Å². The van der Waals surface area contributed by atoms with Gasteiger partial charge in [-0.25, -0.2) is 15.0 Å². The molecule has 0 saturated carbocycles. The van der Waals surface area contributed by atoms with Crippen LogP contribution in [0.5, 0.6) is 0 Å². The van der Waals surface area contributed by atoms with Gasteiger partial charge in [-0.05, 0) is 61.4 Å². The molecule has 3 aromatic carbocycles. The second-order valence-electron chi connectivity index (χ2n) is 9.48. The van der Waals surface area contributed by atoms with E-state index in [9.17, 15) is 0 Å². The number of pyridine rings is 1. The van der Waals surface area contributed by atoms with E-state index in [1.165, 1.54) is 5.56 Å². The molecule has 1 N–H and O–H groups in total. The fourth-order valence-electron chi connectivity index (χ4n) is 5.25. The maximum Gasteiger partial charge on any atom is 0.179 e. The molecule has 7 rings (SSSR count). The molecule has 5 aromatic rings. The van der Waals surface area contributed by atoms with E-state index < -0.39 is 0 Å². The Morgan fingerprint density at radius 1 is 0.789 bits per heavy atom. The highest BCUT2D eigenvalue weighted by atomic mass is 15.4. The first-order valence-corrected chi connectivity index (χ1v) is 12.6. The Bertz CT molecular complexity index is 1720. The van der Waals surface area contributed by atoms with Crippen molar-refractivity contribution < 1.29 is 0 Å². The lowest BCUT2D eigenvalue weighted by atomic mass is 9.93. The van der Waals surface area contributed by atoms with E-state index in [4.69, 9.17) is 15.1 Å². The fourth-order valence-corrected chi connectivity index (χ4v) is 5.25. The number of amidine groups is 2. The molecule has 0 fully saturated rings. The van der Waals surface area contributed by atoms with E-state index in [0.29, 0.717) is 5.84 Å². The molecule has 2 aliphatic rings. The van der Waals surface area contributed by atoms with E-state index in [2.05, 4.69) is 64.6 Å². The summed E-state index contributed by atoms with van der Waals surface area (Å²) in [5, 5.41) is 8.50. The van der Waals surface area contributed by atoms with Crippen LogP contribution in [0.4, 0.5) is 22.9 Å². The van der Waals surface area contributed by atoms with Gasteiger partial charge in [0.2, 0.25) is 0 Å². The van der Waals surface area contributed by atoms with Crippen LogP contribution in [0.3, 0.4) is 0 Å². The van der Waals surface area contributed by atoms with Crippen LogP contribution in [0.2, 0.25) is 0 Å². The largest absolute Gasteiger partial charge is 0.337 e. The summed E-state index contributed by atoms with van der Waals surface area (Å²) in [5.74, 6) is 2.91. The monoisotopic (exact) mass is 495 g/mol. The third-order valence-electron chi connectivity index (χ3n) is 6.90. The maximum absolute atomic E-state index is 5.25. The van der Waals surface area contributed by atoms with Crippen molar-refractivity contribution in [3.8, 4) is 5.82 Å². The Kier molecular flexibility index (Phi) is 5.14. The van der Waals surface area contributed by atoms with Crippen LogP contribution in [-0.4, -0.2) is 26.4 Å². The second kappa shape index (κ2) is 8.81. The van der Waals surface area contributed by atoms with Crippen LogP contribution >= 0.6 is 0 Å². The zero-order chi connectivity index (χ0) is 25.6.